The van der Waals surface area contributed by atoms with Gasteiger partial charge in [0.05, 0.1) is 38.2 Å². The molecule has 1 aromatic heterocycles. The third kappa shape index (κ3) is 9.62. The molecule has 0 saturated heterocycles. The van der Waals surface area contributed by atoms with Crippen molar-refractivity contribution in [3.05, 3.63) is 113 Å². The number of rotatable bonds is 12. The van der Waals surface area contributed by atoms with Gasteiger partial charge in [0.1, 0.15) is 11.9 Å². The number of halogens is 7. The molecule has 0 radical (unpaired) electrons. The van der Waals surface area contributed by atoms with Crippen LogP contribution in [0.25, 0.3) is 22.2 Å². The van der Waals surface area contributed by atoms with E-state index in [4.69, 9.17) is 16.7 Å². The van der Waals surface area contributed by atoms with Gasteiger partial charge in [-0.1, -0.05) is 67.1 Å². The van der Waals surface area contributed by atoms with Crippen molar-refractivity contribution in [1.82, 2.24) is 14.7 Å². The minimum absolute atomic E-state index is 0.0677. The molecule has 4 N–H and O–H groups in total. The average Bonchev–Trinajstić information content (AvgIpc) is 3.54. The summed E-state index contributed by atoms with van der Waals surface area (Å²) < 4.78 is 138. The number of aromatic amines is 1. The lowest BCUT2D eigenvalue weighted by Crippen LogP contribution is -2.50. The van der Waals surface area contributed by atoms with E-state index in [2.05, 4.69) is 19.4 Å². The zero-order chi connectivity index (χ0) is 40.5. The number of fused-ring (bicyclic) bond motifs is 1. The zero-order valence-corrected chi connectivity index (χ0v) is 30.4. The average molecular weight is 832 g/mol. The van der Waals surface area contributed by atoms with Crippen LogP contribution in [0.5, 0.6) is 0 Å². The molecule has 0 saturated carbocycles. The van der Waals surface area contributed by atoms with E-state index in [0.29, 0.717) is 5.56 Å². The third-order valence-corrected chi connectivity index (χ3v) is 10.8. The van der Waals surface area contributed by atoms with Crippen LogP contribution in [0.15, 0.2) is 95.9 Å². The standard InChI is InChI=1S/C34H28ClF6N5O7S2/c1-2-28(31(47)53-32(48)34(39,40)41)46(55(42,51)52)29-15-8-19(16-24(29)35)17-27(30-43-25-14-11-22(33(36,37)38)18-26(25)44-30)45-54(49,50)23-12-9-21(10-13-23)20-6-4-3-5-7-20/h3-16,18,27-28,45H,2,17H2,1H3,(H,43,44)(H2,42,51,52). The molecule has 0 bridgehead atoms. The van der Waals surface area contributed by atoms with Gasteiger partial charge in [-0.2, -0.15) is 34.8 Å². The van der Waals surface area contributed by atoms with Gasteiger partial charge in [-0.3, -0.25) is 0 Å². The Kier molecular flexibility index (Phi) is 11.7. The number of nitrogens with zero attached hydrogens (tertiary/aromatic N) is 2. The van der Waals surface area contributed by atoms with Gasteiger partial charge in [0.25, 0.3) is 10.2 Å². The van der Waals surface area contributed by atoms with E-state index in [1.165, 1.54) is 25.1 Å². The summed E-state index contributed by atoms with van der Waals surface area (Å²) in [5.74, 6) is -4.91. The van der Waals surface area contributed by atoms with E-state index in [9.17, 15) is 52.8 Å². The topological polar surface area (TPSA) is 182 Å². The Labute approximate surface area is 314 Å². The second kappa shape index (κ2) is 15.6. The van der Waals surface area contributed by atoms with E-state index >= 15 is 0 Å². The molecule has 292 valence electrons. The number of alkyl halides is 6. The second-order valence-corrected chi connectivity index (χ2v) is 15.4. The van der Waals surface area contributed by atoms with Gasteiger partial charge >= 0.3 is 24.3 Å². The lowest BCUT2D eigenvalue weighted by atomic mass is 10.1. The highest BCUT2D eigenvalue weighted by atomic mass is 35.5. The largest absolute Gasteiger partial charge is 0.491 e. The van der Waals surface area contributed by atoms with Gasteiger partial charge < -0.3 is 9.72 Å². The number of esters is 2. The normalized spacial score (nSPS) is 13.7. The molecule has 55 heavy (non-hydrogen) atoms. The first-order valence-corrected chi connectivity index (χ1v) is 19.1. The van der Waals surface area contributed by atoms with Crippen LogP contribution in [0.3, 0.4) is 0 Å². The number of ether oxygens (including phenoxy) is 1. The van der Waals surface area contributed by atoms with Crippen LogP contribution in [0.2, 0.25) is 5.02 Å². The summed E-state index contributed by atoms with van der Waals surface area (Å²) in [6.07, 6.45) is -11.1. The monoisotopic (exact) mass is 831 g/mol. The van der Waals surface area contributed by atoms with Crippen molar-refractivity contribution in [1.29, 1.82) is 0 Å². The van der Waals surface area contributed by atoms with Gasteiger partial charge in [0.2, 0.25) is 10.0 Å². The molecule has 0 spiro atoms. The number of nitrogens with two attached hydrogens (primary N) is 1. The molecule has 0 amide bonds. The summed E-state index contributed by atoms with van der Waals surface area (Å²) in [5.41, 5.74) is 0.186. The Balaban J connectivity index is 1.51. The molecule has 0 fully saturated rings. The fourth-order valence-electron chi connectivity index (χ4n) is 5.50. The van der Waals surface area contributed by atoms with Crippen LogP contribution in [0.1, 0.15) is 36.3 Å². The smallest absolute Gasteiger partial charge is 0.385 e. The molecular weight excluding hydrogens is 804 g/mol. The summed E-state index contributed by atoms with van der Waals surface area (Å²) in [5, 5.41) is 4.87. The molecule has 0 aliphatic rings. The minimum Gasteiger partial charge on any atom is -0.385 e. The maximum atomic E-state index is 13.7. The number of hydrogen-bond donors (Lipinski definition) is 3. The molecule has 2 unspecified atom stereocenters. The maximum absolute atomic E-state index is 13.7. The molecular formula is C34H28ClF6N5O7S2. The van der Waals surface area contributed by atoms with E-state index in [0.717, 1.165) is 35.9 Å². The van der Waals surface area contributed by atoms with E-state index in [1.54, 1.807) is 24.3 Å². The number of H-pyrrole nitrogens is 1. The summed E-state index contributed by atoms with van der Waals surface area (Å²) in [6.45, 7) is 1.20. The van der Waals surface area contributed by atoms with Gasteiger partial charge in [-0.05, 0) is 72.0 Å². The van der Waals surface area contributed by atoms with Crippen LogP contribution in [-0.4, -0.2) is 51.0 Å². The van der Waals surface area contributed by atoms with Crippen LogP contribution < -0.4 is 14.2 Å². The number of hydrogen-bond acceptors (Lipinski definition) is 8. The molecule has 4 aromatic carbocycles. The van der Waals surface area contributed by atoms with E-state index < -0.39 is 79.3 Å². The van der Waals surface area contributed by atoms with Crippen LogP contribution in [0, 0.1) is 0 Å². The molecule has 1 heterocycles. The van der Waals surface area contributed by atoms with Crippen molar-refractivity contribution in [2.24, 2.45) is 5.14 Å². The number of carbonyl (C=O) groups excluding carboxylic acids is 2. The van der Waals surface area contributed by atoms with Gasteiger partial charge in [0, 0.05) is 0 Å². The van der Waals surface area contributed by atoms with E-state index in [1.807, 2.05) is 18.2 Å². The Morgan fingerprint density at radius 2 is 1.55 bits per heavy atom. The first kappa shape index (κ1) is 41.1. The maximum Gasteiger partial charge on any atom is 0.491 e. The van der Waals surface area contributed by atoms with Crippen LogP contribution in [0.4, 0.5) is 32.0 Å². The predicted octanol–water partition coefficient (Wildman–Crippen LogP) is 6.59. The predicted molar refractivity (Wildman–Crippen MR) is 188 cm³/mol. The highest BCUT2D eigenvalue weighted by Gasteiger charge is 2.45. The lowest BCUT2D eigenvalue weighted by molar-refractivity contribution is -0.202. The molecule has 5 rings (SSSR count). The second-order valence-electron chi connectivity index (χ2n) is 11.9. The number of anilines is 1. The third-order valence-electron chi connectivity index (χ3n) is 8.06. The Bertz CT molecular complexity index is 2450. The summed E-state index contributed by atoms with van der Waals surface area (Å²) in [7, 11) is -9.36. The minimum atomic E-state index is -5.58. The van der Waals surface area contributed by atoms with Crippen molar-refractivity contribution in [3.8, 4) is 11.1 Å². The number of aromatic nitrogens is 2. The lowest BCUT2D eigenvalue weighted by Gasteiger charge is -2.29. The number of benzene rings is 4. The molecule has 0 aliphatic heterocycles. The van der Waals surface area contributed by atoms with Crippen LogP contribution in [-0.2, 0) is 47.2 Å². The van der Waals surface area contributed by atoms with E-state index in [-0.39, 0.29) is 38.0 Å². The Morgan fingerprint density at radius 3 is 2.11 bits per heavy atom. The zero-order valence-electron chi connectivity index (χ0n) is 28.0. The highest BCUT2D eigenvalue weighted by Crippen LogP contribution is 2.35. The van der Waals surface area contributed by atoms with Gasteiger partial charge in [-0.15, -0.1) is 0 Å². The number of nitrogens with one attached hydrogen (secondary N) is 2. The van der Waals surface area contributed by atoms with Crippen molar-refractivity contribution >= 4 is 60.5 Å². The molecule has 21 heteroatoms. The molecule has 2 atom stereocenters. The van der Waals surface area contributed by atoms with Crippen molar-refractivity contribution in [3.63, 3.8) is 0 Å². The molecule has 12 nitrogen and oxygen atoms in total. The summed E-state index contributed by atoms with van der Waals surface area (Å²) in [4.78, 5) is 30.8. The van der Waals surface area contributed by atoms with Crippen molar-refractivity contribution in [2.75, 3.05) is 4.31 Å². The first-order chi connectivity index (χ1) is 25.6. The fourth-order valence-corrected chi connectivity index (χ4v) is 8.06. The fraction of sp³-hybridized carbons (Fsp3) is 0.206. The molecule has 0 aliphatic carbocycles. The summed E-state index contributed by atoms with van der Waals surface area (Å²) in [6, 6.07) is 17.6. The van der Waals surface area contributed by atoms with Crippen LogP contribution >= 0.6 is 11.6 Å². The van der Waals surface area contributed by atoms with Crippen molar-refractivity contribution < 1.29 is 57.5 Å². The first-order valence-electron chi connectivity index (χ1n) is 15.8. The van der Waals surface area contributed by atoms with Gasteiger partial charge in [0.15, 0.2) is 0 Å². The number of imidazole rings is 1. The number of sulfonamides is 1. The summed E-state index contributed by atoms with van der Waals surface area (Å²) >= 11 is 6.43. The SMILES string of the molecule is CCC(C(=O)OC(=O)C(F)(F)F)N(c1ccc(CC(NS(=O)(=O)c2ccc(-c3ccccc3)cc2)c2nc3ccc(C(F)(F)F)cc3[nH]2)cc1Cl)S(N)(=O)=O. The molecule has 5 aromatic rings. The Hall–Kier alpha value is -5.02. The highest BCUT2D eigenvalue weighted by molar-refractivity contribution is 7.90. The quantitative estimate of drug-likeness (QED) is 0.0716. The Morgan fingerprint density at radius 1 is 0.909 bits per heavy atom. The number of carbonyl (C=O) groups is 2. The van der Waals surface area contributed by atoms with Gasteiger partial charge in [-0.25, -0.2) is 37.2 Å². The van der Waals surface area contributed by atoms with Crippen molar-refractivity contribution in [2.45, 2.75) is 49.1 Å².